The number of hydrogen-bond donors (Lipinski definition) is 1. The van der Waals surface area contributed by atoms with E-state index in [2.05, 4.69) is 21.2 Å². The molecule has 2 aromatic carbocycles. The van der Waals surface area contributed by atoms with Crippen LogP contribution in [0.2, 0.25) is 0 Å². The fraction of sp³-hybridized carbons (Fsp3) is 0.407. The molecule has 9 heteroatoms. The molecule has 0 amide bonds. The third kappa shape index (κ3) is 5.80. The second kappa shape index (κ2) is 11.0. The van der Waals surface area contributed by atoms with Gasteiger partial charge in [0.05, 0.1) is 26.4 Å². The SMILES string of the molecule is Cc1cccc(CC(=O)c2ccc(C)c(Nc3nc(N4CCOCC4)nc(N4CCOCC4)n3)c2)c1. The minimum absolute atomic E-state index is 0.0716. The Labute approximate surface area is 211 Å². The van der Waals surface area contributed by atoms with Gasteiger partial charge in [0.1, 0.15) is 0 Å². The van der Waals surface area contributed by atoms with Gasteiger partial charge in [-0.05, 0) is 31.0 Å². The van der Waals surface area contributed by atoms with E-state index in [-0.39, 0.29) is 5.78 Å². The first kappa shape index (κ1) is 24.1. The Morgan fingerprint density at radius 1 is 0.861 bits per heavy atom. The van der Waals surface area contributed by atoms with Crippen LogP contribution in [0, 0.1) is 13.8 Å². The molecule has 3 heterocycles. The van der Waals surface area contributed by atoms with E-state index >= 15 is 0 Å². The lowest BCUT2D eigenvalue weighted by Crippen LogP contribution is -2.40. The molecule has 36 heavy (non-hydrogen) atoms. The zero-order valence-corrected chi connectivity index (χ0v) is 20.9. The molecule has 0 atom stereocenters. The summed E-state index contributed by atoms with van der Waals surface area (Å²) in [7, 11) is 0. The minimum atomic E-state index is 0.0716. The highest BCUT2D eigenvalue weighted by Crippen LogP contribution is 2.25. The lowest BCUT2D eigenvalue weighted by Gasteiger charge is -2.30. The van der Waals surface area contributed by atoms with Gasteiger partial charge < -0.3 is 24.6 Å². The van der Waals surface area contributed by atoms with E-state index in [0.29, 0.717) is 56.3 Å². The van der Waals surface area contributed by atoms with Crippen molar-refractivity contribution in [2.75, 3.05) is 67.7 Å². The van der Waals surface area contributed by atoms with Crippen molar-refractivity contribution >= 4 is 29.3 Å². The summed E-state index contributed by atoms with van der Waals surface area (Å²) in [5.74, 6) is 1.78. The number of nitrogens with one attached hydrogen (secondary N) is 1. The van der Waals surface area contributed by atoms with Gasteiger partial charge in [0.15, 0.2) is 5.78 Å². The summed E-state index contributed by atoms with van der Waals surface area (Å²) in [6.45, 7) is 9.54. The number of nitrogens with zero attached hydrogens (tertiary/aromatic N) is 5. The maximum Gasteiger partial charge on any atom is 0.233 e. The van der Waals surface area contributed by atoms with Gasteiger partial charge in [-0.25, -0.2) is 0 Å². The molecule has 0 unspecified atom stereocenters. The summed E-state index contributed by atoms with van der Waals surface area (Å²) in [5.41, 5.74) is 4.62. The fourth-order valence-electron chi connectivity index (χ4n) is 4.38. The minimum Gasteiger partial charge on any atom is -0.378 e. The highest BCUT2D eigenvalue weighted by Gasteiger charge is 2.21. The number of anilines is 4. The van der Waals surface area contributed by atoms with Crippen molar-refractivity contribution in [3.05, 3.63) is 64.7 Å². The van der Waals surface area contributed by atoms with Crippen LogP contribution in [0.1, 0.15) is 27.0 Å². The largest absolute Gasteiger partial charge is 0.378 e. The smallest absolute Gasteiger partial charge is 0.233 e. The molecule has 2 aliphatic heterocycles. The van der Waals surface area contributed by atoms with Crippen molar-refractivity contribution in [2.45, 2.75) is 20.3 Å². The molecule has 188 valence electrons. The molecule has 0 saturated carbocycles. The normalized spacial score (nSPS) is 16.2. The van der Waals surface area contributed by atoms with Crippen LogP contribution in [0.25, 0.3) is 0 Å². The van der Waals surface area contributed by atoms with Crippen LogP contribution in [-0.4, -0.2) is 73.3 Å². The summed E-state index contributed by atoms with van der Waals surface area (Å²) >= 11 is 0. The quantitative estimate of drug-likeness (QED) is 0.503. The molecular formula is C27H32N6O3. The Kier molecular flexibility index (Phi) is 7.39. The van der Waals surface area contributed by atoms with Crippen LogP contribution in [0.3, 0.4) is 0 Å². The van der Waals surface area contributed by atoms with Gasteiger partial charge in [-0.3, -0.25) is 4.79 Å². The van der Waals surface area contributed by atoms with Crippen molar-refractivity contribution < 1.29 is 14.3 Å². The van der Waals surface area contributed by atoms with Crippen LogP contribution in [-0.2, 0) is 15.9 Å². The zero-order chi connectivity index (χ0) is 24.9. The highest BCUT2D eigenvalue weighted by molar-refractivity contribution is 5.98. The molecule has 2 saturated heterocycles. The first-order valence-electron chi connectivity index (χ1n) is 12.4. The van der Waals surface area contributed by atoms with Gasteiger partial charge in [0.2, 0.25) is 17.8 Å². The summed E-state index contributed by atoms with van der Waals surface area (Å²) in [4.78, 5) is 31.5. The van der Waals surface area contributed by atoms with E-state index in [1.54, 1.807) is 0 Å². The third-order valence-corrected chi connectivity index (χ3v) is 6.45. The fourth-order valence-corrected chi connectivity index (χ4v) is 4.38. The molecule has 0 bridgehead atoms. The van der Waals surface area contributed by atoms with Crippen LogP contribution >= 0.6 is 0 Å². The van der Waals surface area contributed by atoms with Crippen molar-refractivity contribution in [3.8, 4) is 0 Å². The topological polar surface area (TPSA) is 92.7 Å². The number of aromatic nitrogens is 3. The number of carbonyl (C=O) groups is 1. The molecule has 1 aromatic heterocycles. The molecule has 0 radical (unpaired) electrons. The summed E-state index contributed by atoms with van der Waals surface area (Å²) < 4.78 is 11.0. The lowest BCUT2D eigenvalue weighted by molar-refractivity contribution is 0.0993. The van der Waals surface area contributed by atoms with Gasteiger partial charge in [-0.1, -0.05) is 42.0 Å². The number of ketones is 1. The first-order chi connectivity index (χ1) is 17.5. The number of rotatable bonds is 7. The van der Waals surface area contributed by atoms with Crippen molar-refractivity contribution in [1.29, 1.82) is 0 Å². The van der Waals surface area contributed by atoms with Gasteiger partial charge in [-0.15, -0.1) is 0 Å². The van der Waals surface area contributed by atoms with Crippen molar-refractivity contribution in [1.82, 2.24) is 15.0 Å². The van der Waals surface area contributed by atoms with Crippen LogP contribution in [0.5, 0.6) is 0 Å². The zero-order valence-electron chi connectivity index (χ0n) is 20.9. The standard InChI is InChI=1S/C27H32N6O3/c1-19-4-3-5-21(16-19)17-24(34)22-7-6-20(2)23(18-22)28-25-29-26(32-8-12-35-13-9-32)31-27(30-25)33-10-14-36-15-11-33/h3-7,16,18H,8-15,17H2,1-2H3,(H,28,29,30,31). The Bertz CT molecular complexity index is 1190. The maximum absolute atomic E-state index is 13.1. The van der Waals surface area contributed by atoms with E-state index in [9.17, 15) is 4.79 Å². The lowest BCUT2D eigenvalue weighted by atomic mass is 10.00. The Balaban J connectivity index is 1.41. The predicted octanol–water partition coefficient (Wildman–Crippen LogP) is 3.33. The van der Waals surface area contributed by atoms with Crippen LogP contribution in [0.4, 0.5) is 23.5 Å². The molecule has 5 rings (SSSR count). The second-order valence-electron chi connectivity index (χ2n) is 9.20. The molecule has 2 aliphatic rings. The average Bonchev–Trinajstić information content (AvgIpc) is 2.91. The first-order valence-corrected chi connectivity index (χ1v) is 12.4. The van der Waals surface area contributed by atoms with E-state index in [4.69, 9.17) is 24.4 Å². The molecule has 0 spiro atoms. The third-order valence-electron chi connectivity index (χ3n) is 6.45. The van der Waals surface area contributed by atoms with E-state index in [0.717, 1.165) is 48.6 Å². The van der Waals surface area contributed by atoms with Gasteiger partial charge in [0.25, 0.3) is 0 Å². The number of carbonyl (C=O) groups excluding carboxylic acids is 1. The van der Waals surface area contributed by atoms with E-state index in [1.165, 1.54) is 0 Å². The van der Waals surface area contributed by atoms with Gasteiger partial charge in [-0.2, -0.15) is 15.0 Å². The average molecular weight is 489 g/mol. The predicted molar refractivity (Wildman–Crippen MR) is 140 cm³/mol. The molecule has 9 nitrogen and oxygen atoms in total. The number of Topliss-reactive ketones (excluding diaryl/α,β-unsaturated/α-hetero) is 1. The second-order valence-corrected chi connectivity index (χ2v) is 9.20. The van der Waals surface area contributed by atoms with Crippen LogP contribution < -0.4 is 15.1 Å². The van der Waals surface area contributed by atoms with E-state index < -0.39 is 0 Å². The molecule has 1 N–H and O–H groups in total. The summed E-state index contributed by atoms with van der Waals surface area (Å²) in [6.07, 6.45) is 0.359. The van der Waals surface area contributed by atoms with Gasteiger partial charge >= 0.3 is 0 Å². The van der Waals surface area contributed by atoms with Crippen molar-refractivity contribution in [3.63, 3.8) is 0 Å². The number of hydrogen-bond acceptors (Lipinski definition) is 9. The number of benzene rings is 2. The Hall–Kier alpha value is -3.56. The number of aryl methyl sites for hydroxylation is 2. The molecule has 3 aromatic rings. The summed E-state index contributed by atoms with van der Waals surface area (Å²) in [5, 5.41) is 3.37. The Morgan fingerprint density at radius 3 is 2.11 bits per heavy atom. The number of ether oxygens (including phenoxy) is 2. The van der Waals surface area contributed by atoms with Crippen LogP contribution in [0.15, 0.2) is 42.5 Å². The molecule has 0 aliphatic carbocycles. The Morgan fingerprint density at radius 2 is 1.50 bits per heavy atom. The van der Waals surface area contributed by atoms with E-state index in [1.807, 2.05) is 50.2 Å². The molecular weight excluding hydrogens is 456 g/mol. The highest BCUT2D eigenvalue weighted by atomic mass is 16.5. The summed E-state index contributed by atoms with van der Waals surface area (Å²) in [6, 6.07) is 13.8. The van der Waals surface area contributed by atoms with Gasteiger partial charge in [0, 0.05) is 43.9 Å². The molecule has 2 fully saturated rings. The number of morpholine rings is 2. The monoisotopic (exact) mass is 488 g/mol. The van der Waals surface area contributed by atoms with Crippen molar-refractivity contribution in [2.24, 2.45) is 0 Å². The maximum atomic E-state index is 13.1.